The molecule has 1 amide bonds. The number of benzene rings is 2. The zero-order valence-electron chi connectivity index (χ0n) is 12.8. The van der Waals surface area contributed by atoms with Crippen LogP contribution in [-0.4, -0.2) is 18.3 Å². The first kappa shape index (κ1) is 17.6. The summed E-state index contributed by atoms with van der Waals surface area (Å²) in [5.74, 6) is 0.157. The van der Waals surface area contributed by atoms with Gasteiger partial charge in [0.2, 0.25) is 5.91 Å². The molecule has 0 fully saturated rings. The molecule has 2 aromatic carbocycles. The van der Waals surface area contributed by atoms with Crippen molar-refractivity contribution in [2.75, 3.05) is 7.11 Å². The van der Waals surface area contributed by atoms with E-state index in [0.29, 0.717) is 6.54 Å². The van der Waals surface area contributed by atoms with Crippen LogP contribution in [0.1, 0.15) is 12.5 Å². The average Bonchev–Trinajstić information content (AvgIpc) is 2.56. The molecule has 1 N–H and O–H groups in total. The van der Waals surface area contributed by atoms with Crippen molar-refractivity contribution >= 4 is 29.3 Å². The van der Waals surface area contributed by atoms with E-state index < -0.39 is 5.82 Å². The summed E-state index contributed by atoms with van der Waals surface area (Å²) in [6, 6.07) is 11.9. The van der Waals surface area contributed by atoms with E-state index in [4.69, 9.17) is 16.3 Å². The highest BCUT2D eigenvalue weighted by atomic mass is 35.5. The van der Waals surface area contributed by atoms with Crippen LogP contribution in [0.4, 0.5) is 4.39 Å². The molecule has 0 saturated carbocycles. The Morgan fingerprint density at radius 2 is 2.09 bits per heavy atom. The number of ether oxygens (including phenoxy) is 1. The molecule has 2 aromatic rings. The third-order valence-corrected chi connectivity index (χ3v) is 4.60. The van der Waals surface area contributed by atoms with Gasteiger partial charge >= 0.3 is 0 Å². The first-order valence-electron chi connectivity index (χ1n) is 7.02. The van der Waals surface area contributed by atoms with Crippen molar-refractivity contribution in [2.24, 2.45) is 0 Å². The lowest BCUT2D eigenvalue weighted by molar-refractivity contribution is -0.120. The Morgan fingerprint density at radius 3 is 2.78 bits per heavy atom. The van der Waals surface area contributed by atoms with E-state index in [1.807, 2.05) is 24.3 Å². The van der Waals surface area contributed by atoms with Gasteiger partial charge in [0.1, 0.15) is 11.6 Å². The lowest BCUT2D eigenvalue weighted by Crippen LogP contribution is -2.30. The number of amides is 1. The van der Waals surface area contributed by atoms with E-state index >= 15 is 0 Å². The van der Waals surface area contributed by atoms with Crippen molar-refractivity contribution in [2.45, 2.75) is 23.6 Å². The van der Waals surface area contributed by atoms with Crippen molar-refractivity contribution in [3.8, 4) is 5.75 Å². The second kappa shape index (κ2) is 8.22. The quantitative estimate of drug-likeness (QED) is 0.787. The summed E-state index contributed by atoms with van der Waals surface area (Å²) in [5.41, 5.74) is 0.908. The van der Waals surface area contributed by atoms with Crippen LogP contribution >= 0.6 is 23.4 Å². The number of thioether (sulfide) groups is 1. The number of hydrogen-bond donors (Lipinski definition) is 1. The lowest BCUT2D eigenvalue weighted by Gasteiger charge is -2.13. The Kier molecular flexibility index (Phi) is 6.30. The predicted molar refractivity (Wildman–Crippen MR) is 91.6 cm³/mol. The fourth-order valence-corrected chi connectivity index (χ4v) is 3.16. The SMILES string of the molecule is COc1ccccc1CNC(=O)C(C)Sc1ccc(F)c(Cl)c1. The number of hydrogen-bond acceptors (Lipinski definition) is 3. The maximum atomic E-state index is 13.1. The normalized spacial score (nSPS) is 11.8. The minimum absolute atomic E-state index is 0.0524. The zero-order chi connectivity index (χ0) is 16.8. The van der Waals surface area contributed by atoms with Crippen LogP contribution in [0.25, 0.3) is 0 Å². The molecule has 0 heterocycles. The first-order chi connectivity index (χ1) is 11.0. The van der Waals surface area contributed by atoms with Crippen LogP contribution in [0.3, 0.4) is 0 Å². The van der Waals surface area contributed by atoms with Gasteiger partial charge in [0.15, 0.2) is 0 Å². The number of rotatable bonds is 6. The molecule has 1 unspecified atom stereocenters. The lowest BCUT2D eigenvalue weighted by atomic mass is 10.2. The average molecular weight is 354 g/mol. The summed E-state index contributed by atoms with van der Waals surface area (Å²) in [6.07, 6.45) is 0. The molecule has 0 saturated heterocycles. The fourth-order valence-electron chi connectivity index (χ4n) is 1.98. The second-order valence-corrected chi connectivity index (χ2v) is 6.69. The van der Waals surface area contributed by atoms with Gasteiger partial charge in [-0.3, -0.25) is 4.79 Å². The van der Waals surface area contributed by atoms with Crippen molar-refractivity contribution in [1.29, 1.82) is 0 Å². The van der Waals surface area contributed by atoms with Crippen molar-refractivity contribution in [3.05, 3.63) is 58.9 Å². The summed E-state index contributed by atoms with van der Waals surface area (Å²) >= 11 is 7.07. The number of halogens is 2. The largest absolute Gasteiger partial charge is 0.496 e. The van der Waals surface area contributed by atoms with E-state index in [0.717, 1.165) is 16.2 Å². The van der Waals surface area contributed by atoms with Gasteiger partial charge in [-0.15, -0.1) is 11.8 Å². The van der Waals surface area contributed by atoms with E-state index in [2.05, 4.69) is 5.32 Å². The van der Waals surface area contributed by atoms with Gasteiger partial charge in [0.25, 0.3) is 0 Å². The number of carbonyl (C=O) groups is 1. The summed E-state index contributed by atoms with van der Waals surface area (Å²) < 4.78 is 18.4. The number of nitrogens with one attached hydrogen (secondary N) is 1. The molecule has 0 aromatic heterocycles. The maximum absolute atomic E-state index is 13.1. The topological polar surface area (TPSA) is 38.3 Å². The number of para-hydroxylation sites is 1. The summed E-state index contributed by atoms with van der Waals surface area (Å²) in [4.78, 5) is 12.9. The molecule has 0 aliphatic heterocycles. The highest BCUT2D eigenvalue weighted by Crippen LogP contribution is 2.27. The molecule has 23 heavy (non-hydrogen) atoms. The van der Waals surface area contributed by atoms with E-state index in [-0.39, 0.29) is 16.2 Å². The van der Waals surface area contributed by atoms with Gasteiger partial charge in [-0.2, -0.15) is 0 Å². The molecule has 6 heteroatoms. The molecule has 3 nitrogen and oxygen atoms in total. The third-order valence-electron chi connectivity index (χ3n) is 3.22. The van der Waals surface area contributed by atoms with Crippen LogP contribution in [-0.2, 0) is 11.3 Å². The molecule has 2 rings (SSSR count). The smallest absolute Gasteiger partial charge is 0.233 e. The van der Waals surface area contributed by atoms with Crippen LogP contribution in [0.5, 0.6) is 5.75 Å². The Balaban J connectivity index is 1.93. The molecule has 1 atom stereocenters. The van der Waals surface area contributed by atoms with Gasteiger partial charge < -0.3 is 10.1 Å². The monoisotopic (exact) mass is 353 g/mol. The highest BCUT2D eigenvalue weighted by Gasteiger charge is 2.15. The molecule has 0 radical (unpaired) electrons. The van der Waals surface area contributed by atoms with Crippen molar-refractivity contribution < 1.29 is 13.9 Å². The Labute approximate surface area is 144 Å². The van der Waals surface area contributed by atoms with Crippen LogP contribution < -0.4 is 10.1 Å². The molecule has 0 aliphatic carbocycles. The van der Waals surface area contributed by atoms with Crippen LogP contribution in [0, 0.1) is 5.82 Å². The van der Waals surface area contributed by atoms with Gasteiger partial charge in [-0.25, -0.2) is 4.39 Å². The Morgan fingerprint density at radius 1 is 1.35 bits per heavy atom. The van der Waals surface area contributed by atoms with E-state index in [1.54, 1.807) is 20.1 Å². The molecule has 0 aliphatic rings. The minimum atomic E-state index is -0.468. The first-order valence-corrected chi connectivity index (χ1v) is 8.28. The zero-order valence-corrected chi connectivity index (χ0v) is 14.4. The Bertz CT molecular complexity index is 696. The number of carbonyl (C=O) groups excluding carboxylic acids is 1. The standard InChI is InChI=1S/C17H17ClFNO2S/c1-11(23-13-7-8-15(19)14(18)9-13)17(21)20-10-12-5-3-4-6-16(12)22-2/h3-9,11H,10H2,1-2H3,(H,20,21). The minimum Gasteiger partial charge on any atom is -0.496 e. The van der Waals surface area contributed by atoms with Gasteiger partial charge in [-0.05, 0) is 31.2 Å². The molecule has 122 valence electrons. The summed E-state index contributed by atoms with van der Waals surface area (Å²) in [6.45, 7) is 2.18. The van der Waals surface area contributed by atoms with Crippen molar-refractivity contribution in [3.63, 3.8) is 0 Å². The van der Waals surface area contributed by atoms with Gasteiger partial charge in [-0.1, -0.05) is 29.8 Å². The van der Waals surface area contributed by atoms with Crippen molar-refractivity contribution in [1.82, 2.24) is 5.32 Å². The molecule has 0 bridgehead atoms. The molecular weight excluding hydrogens is 337 g/mol. The highest BCUT2D eigenvalue weighted by molar-refractivity contribution is 8.00. The van der Waals surface area contributed by atoms with Gasteiger partial charge in [0.05, 0.1) is 17.4 Å². The van der Waals surface area contributed by atoms with Gasteiger partial charge in [0, 0.05) is 17.0 Å². The maximum Gasteiger partial charge on any atom is 0.233 e. The van der Waals surface area contributed by atoms with Crippen LogP contribution in [0.15, 0.2) is 47.4 Å². The molecule has 0 spiro atoms. The summed E-state index contributed by atoms with van der Waals surface area (Å²) in [7, 11) is 1.59. The second-order valence-electron chi connectivity index (χ2n) is 4.87. The fraction of sp³-hybridized carbons (Fsp3) is 0.235. The molecular formula is C17H17ClFNO2S. The van der Waals surface area contributed by atoms with E-state index in [9.17, 15) is 9.18 Å². The van der Waals surface area contributed by atoms with Crippen LogP contribution in [0.2, 0.25) is 5.02 Å². The van der Waals surface area contributed by atoms with E-state index in [1.165, 1.54) is 23.9 Å². The predicted octanol–water partition coefficient (Wildman–Crippen LogP) is 4.28. The number of methoxy groups -OCH3 is 1. The third kappa shape index (κ3) is 4.88. The summed E-state index contributed by atoms with van der Waals surface area (Å²) in [5, 5.41) is 2.60. The Hall–Kier alpha value is -1.72.